The Kier molecular flexibility index (Phi) is 6.38. The highest BCUT2D eigenvalue weighted by atomic mass is 16.5. The van der Waals surface area contributed by atoms with Crippen LogP contribution < -0.4 is 15.0 Å². The molecule has 2 N–H and O–H groups in total. The number of nitrogens with one attached hydrogen (secondary N) is 1. The zero-order valence-corrected chi connectivity index (χ0v) is 14.5. The molecule has 1 aromatic rings. The van der Waals surface area contributed by atoms with Crippen molar-refractivity contribution in [3.05, 3.63) is 24.3 Å². The molecule has 7 heteroatoms. The van der Waals surface area contributed by atoms with Crippen LogP contribution in [0.5, 0.6) is 5.75 Å². The van der Waals surface area contributed by atoms with Crippen molar-refractivity contribution < 1.29 is 24.2 Å². The molecule has 1 saturated heterocycles. The number of benzene rings is 1. The van der Waals surface area contributed by atoms with E-state index in [2.05, 4.69) is 5.32 Å². The summed E-state index contributed by atoms with van der Waals surface area (Å²) in [6.07, 6.45) is 0.496. The zero-order chi connectivity index (χ0) is 18.4. The SMILES string of the molecule is CCOc1ccccc1N1CC(C(=O)NC(C)CCC(=O)O)CC1=O. The zero-order valence-electron chi connectivity index (χ0n) is 14.5. The lowest BCUT2D eigenvalue weighted by atomic mass is 10.1. The number of carbonyl (C=O) groups is 3. The smallest absolute Gasteiger partial charge is 0.303 e. The van der Waals surface area contributed by atoms with Gasteiger partial charge in [-0.2, -0.15) is 0 Å². The number of anilines is 1. The molecule has 7 nitrogen and oxygen atoms in total. The summed E-state index contributed by atoms with van der Waals surface area (Å²) < 4.78 is 5.56. The first-order valence-electron chi connectivity index (χ1n) is 8.46. The number of amides is 2. The van der Waals surface area contributed by atoms with Gasteiger partial charge in [0.1, 0.15) is 5.75 Å². The minimum Gasteiger partial charge on any atom is -0.492 e. The van der Waals surface area contributed by atoms with E-state index in [4.69, 9.17) is 9.84 Å². The Bertz CT molecular complexity index is 646. The molecule has 2 amide bonds. The molecule has 0 radical (unpaired) electrons. The summed E-state index contributed by atoms with van der Waals surface area (Å²) >= 11 is 0. The van der Waals surface area contributed by atoms with Crippen molar-refractivity contribution in [3.63, 3.8) is 0 Å². The molecule has 0 saturated carbocycles. The van der Waals surface area contributed by atoms with Gasteiger partial charge in [-0.05, 0) is 32.4 Å². The average Bonchev–Trinajstić information content (AvgIpc) is 2.95. The van der Waals surface area contributed by atoms with Crippen LogP contribution in [0.15, 0.2) is 24.3 Å². The maximum Gasteiger partial charge on any atom is 0.303 e. The van der Waals surface area contributed by atoms with Gasteiger partial charge in [0.05, 0.1) is 18.2 Å². The van der Waals surface area contributed by atoms with Gasteiger partial charge in [0.15, 0.2) is 0 Å². The van der Waals surface area contributed by atoms with Crippen molar-refractivity contribution in [2.24, 2.45) is 5.92 Å². The number of rotatable bonds is 8. The highest BCUT2D eigenvalue weighted by Crippen LogP contribution is 2.33. The minimum absolute atomic E-state index is 0.00109. The summed E-state index contributed by atoms with van der Waals surface area (Å²) in [6, 6.07) is 7.02. The summed E-state index contributed by atoms with van der Waals surface area (Å²) in [5, 5.41) is 11.5. The van der Waals surface area contributed by atoms with Gasteiger partial charge in [-0.3, -0.25) is 14.4 Å². The average molecular weight is 348 g/mol. The predicted octanol–water partition coefficient (Wildman–Crippen LogP) is 1.81. The second-order valence-electron chi connectivity index (χ2n) is 6.15. The summed E-state index contributed by atoms with van der Waals surface area (Å²) in [4.78, 5) is 36.9. The standard InChI is InChI=1S/C18H24N2O5/c1-3-25-15-7-5-4-6-14(15)20-11-13(10-16(20)21)18(24)19-12(2)8-9-17(22)23/h4-7,12-13H,3,8-11H2,1-2H3,(H,19,24)(H,22,23). The third-order valence-electron chi connectivity index (χ3n) is 4.13. The minimum atomic E-state index is -0.893. The van der Waals surface area contributed by atoms with E-state index in [9.17, 15) is 14.4 Å². The summed E-state index contributed by atoms with van der Waals surface area (Å²) in [6.45, 7) is 4.42. The number of carbonyl (C=O) groups excluding carboxylic acids is 2. The molecule has 1 aliphatic heterocycles. The fourth-order valence-corrected chi connectivity index (χ4v) is 2.85. The first-order valence-corrected chi connectivity index (χ1v) is 8.46. The molecular weight excluding hydrogens is 324 g/mol. The second kappa shape index (κ2) is 8.50. The number of nitrogens with zero attached hydrogens (tertiary/aromatic N) is 1. The Morgan fingerprint density at radius 1 is 1.40 bits per heavy atom. The van der Waals surface area contributed by atoms with Crippen LogP contribution in [0, 0.1) is 5.92 Å². The largest absolute Gasteiger partial charge is 0.492 e. The third-order valence-corrected chi connectivity index (χ3v) is 4.13. The van der Waals surface area contributed by atoms with E-state index in [1.54, 1.807) is 24.0 Å². The lowest BCUT2D eigenvalue weighted by Crippen LogP contribution is -2.38. The van der Waals surface area contributed by atoms with Crippen molar-refractivity contribution in [3.8, 4) is 5.75 Å². The molecule has 1 heterocycles. The van der Waals surface area contributed by atoms with E-state index in [0.29, 0.717) is 31.0 Å². The van der Waals surface area contributed by atoms with E-state index in [0.717, 1.165) is 0 Å². The van der Waals surface area contributed by atoms with Crippen LogP contribution in [0.2, 0.25) is 0 Å². The predicted molar refractivity (Wildman–Crippen MR) is 92.5 cm³/mol. The molecule has 2 unspecified atom stereocenters. The van der Waals surface area contributed by atoms with E-state index in [1.165, 1.54) is 0 Å². The third kappa shape index (κ3) is 4.95. The lowest BCUT2D eigenvalue weighted by molar-refractivity contribution is -0.137. The van der Waals surface area contributed by atoms with Crippen LogP contribution in [0.4, 0.5) is 5.69 Å². The van der Waals surface area contributed by atoms with Gasteiger partial charge >= 0.3 is 5.97 Å². The molecule has 1 aromatic carbocycles. The summed E-state index contributed by atoms with van der Waals surface area (Å²) in [5.74, 6) is -1.06. The molecule has 1 aliphatic rings. The first kappa shape index (κ1) is 18.8. The van der Waals surface area contributed by atoms with Crippen molar-refractivity contribution in [1.29, 1.82) is 0 Å². The van der Waals surface area contributed by atoms with E-state index < -0.39 is 11.9 Å². The van der Waals surface area contributed by atoms with Crippen LogP contribution in [-0.4, -0.2) is 42.1 Å². The van der Waals surface area contributed by atoms with Crippen molar-refractivity contribution >= 4 is 23.5 Å². The van der Waals surface area contributed by atoms with Gasteiger partial charge < -0.3 is 20.1 Å². The highest BCUT2D eigenvalue weighted by molar-refractivity contribution is 6.01. The number of carboxylic acids is 1. The molecule has 1 fully saturated rings. The van der Waals surface area contributed by atoms with Crippen LogP contribution >= 0.6 is 0 Å². The number of aliphatic carboxylic acids is 1. The Hall–Kier alpha value is -2.57. The first-order chi connectivity index (χ1) is 11.9. The molecule has 2 rings (SSSR count). The molecule has 136 valence electrons. The lowest BCUT2D eigenvalue weighted by Gasteiger charge is -2.20. The molecule has 0 spiro atoms. The highest BCUT2D eigenvalue weighted by Gasteiger charge is 2.36. The van der Waals surface area contributed by atoms with Crippen molar-refractivity contribution in [2.75, 3.05) is 18.1 Å². The topological polar surface area (TPSA) is 95.9 Å². The van der Waals surface area contributed by atoms with Crippen LogP contribution in [0.1, 0.15) is 33.1 Å². The second-order valence-corrected chi connectivity index (χ2v) is 6.15. The number of hydrogen-bond donors (Lipinski definition) is 2. The Morgan fingerprint density at radius 2 is 2.12 bits per heavy atom. The molecule has 0 aromatic heterocycles. The van der Waals surface area contributed by atoms with E-state index >= 15 is 0 Å². The van der Waals surface area contributed by atoms with Gasteiger partial charge in [0.2, 0.25) is 11.8 Å². The summed E-state index contributed by atoms with van der Waals surface area (Å²) in [7, 11) is 0. The monoisotopic (exact) mass is 348 g/mol. The maximum atomic E-state index is 12.4. The van der Waals surface area contributed by atoms with Gasteiger partial charge in [-0.25, -0.2) is 0 Å². The Morgan fingerprint density at radius 3 is 2.80 bits per heavy atom. The van der Waals surface area contributed by atoms with Gasteiger partial charge in [0, 0.05) is 25.4 Å². The summed E-state index contributed by atoms with van der Waals surface area (Å²) in [5.41, 5.74) is 0.670. The molecule has 25 heavy (non-hydrogen) atoms. The normalized spacial score (nSPS) is 18.1. The van der Waals surface area contributed by atoms with Crippen LogP contribution in [0.3, 0.4) is 0 Å². The van der Waals surface area contributed by atoms with Crippen molar-refractivity contribution in [2.45, 2.75) is 39.2 Å². The number of hydrogen-bond acceptors (Lipinski definition) is 4. The van der Waals surface area contributed by atoms with Gasteiger partial charge in [0.25, 0.3) is 0 Å². The molecule has 0 bridgehead atoms. The molecule has 0 aliphatic carbocycles. The van der Waals surface area contributed by atoms with E-state index in [1.807, 2.05) is 19.1 Å². The van der Waals surface area contributed by atoms with Gasteiger partial charge in [-0.1, -0.05) is 12.1 Å². The van der Waals surface area contributed by atoms with E-state index in [-0.39, 0.29) is 30.7 Å². The Labute approximate surface area is 147 Å². The number of ether oxygens (including phenoxy) is 1. The fraction of sp³-hybridized carbons (Fsp3) is 0.500. The maximum absolute atomic E-state index is 12.4. The number of para-hydroxylation sites is 2. The Balaban J connectivity index is 2.00. The van der Waals surface area contributed by atoms with Crippen LogP contribution in [-0.2, 0) is 14.4 Å². The van der Waals surface area contributed by atoms with Crippen molar-refractivity contribution in [1.82, 2.24) is 5.32 Å². The quantitative estimate of drug-likeness (QED) is 0.747. The van der Waals surface area contributed by atoms with Crippen LogP contribution in [0.25, 0.3) is 0 Å². The molecular formula is C18H24N2O5. The van der Waals surface area contributed by atoms with Gasteiger partial charge in [-0.15, -0.1) is 0 Å². The number of carboxylic acid groups (broad SMARTS) is 1. The molecule has 2 atom stereocenters. The fourth-order valence-electron chi connectivity index (χ4n) is 2.85.